The van der Waals surface area contributed by atoms with Crippen LogP contribution in [0.4, 0.5) is 0 Å². The Morgan fingerprint density at radius 2 is 2.22 bits per heavy atom. The van der Waals surface area contributed by atoms with Crippen molar-refractivity contribution in [1.82, 2.24) is 25.5 Å². The normalized spacial score (nSPS) is 22.1. The number of hydrogen-bond acceptors (Lipinski definition) is 5. The topological polar surface area (TPSA) is 70.2 Å². The molecule has 3 heterocycles. The number of aromatic nitrogens is 2. The monoisotopic (exact) mass is 309 g/mol. The van der Waals surface area contributed by atoms with Crippen molar-refractivity contribution in [2.45, 2.75) is 32.5 Å². The smallest absolute Gasteiger partial charge is 0.269 e. The van der Waals surface area contributed by atoms with Crippen molar-refractivity contribution in [1.29, 1.82) is 0 Å². The van der Waals surface area contributed by atoms with Crippen LogP contribution in [-0.4, -0.2) is 26.9 Å². The summed E-state index contributed by atoms with van der Waals surface area (Å²) in [6, 6.07) is 0. The minimum atomic E-state index is -0.101. The molecule has 1 atom stereocenters. The number of nitrogens with zero attached hydrogens (tertiary/aromatic N) is 3. The molecule has 1 aliphatic carbocycles. The molecule has 23 heavy (non-hydrogen) atoms. The number of rotatable bonds is 4. The van der Waals surface area contributed by atoms with E-state index in [-0.39, 0.29) is 12.1 Å². The molecule has 1 aromatic heterocycles. The fourth-order valence-electron chi connectivity index (χ4n) is 2.91. The number of amides is 1. The molecule has 0 radical (unpaired) electrons. The van der Waals surface area contributed by atoms with E-state index in [0.717, 1.165) is 17.1 Å². The minimum absolute atomic E-state index is 0.101. The molecule has 1 unspecified atom stereocenters. The molecule has 3 aliphatic rings. The lowest BCUT2D eigenvalue weighted by Crippen LogP contribution is -2.38. The summed E-state index contributed by atoms with van der Waals surface area (Å²) < 4.78 is 0. The summed E-state index contributed by atoms with van der Waals surface area (Å²) >= 11 is 0. The van der Waals surface area contributed by atoms with Crippen molar-refractivity contribution in [3.05, 3.63) is 59.6 Å². The van der Waals surface area contributed by atoms with Crippen LogP contribution in [-0.2, 0) is 11.3 Å². The number of nitrogens with one attached hydrogen (secondary N) is 2. The maximum Gasteiger partial charge on any atom is 0.269 e. The Balaban J connectivity index is 1.47. The summed E-state index contributed by atoms with van der Waals surface area (Å²) in [6.07, 6.45) is 14.0. The van der Waals surface area contributed by atoms with E-state index in [1.54, 1.807) is 12.4 Å². The van der Waals surface area contributed by atoms with Crippen molar-refractivity contribution in [3.63, 3.8) is 0 Å². The molecule has 1 fully saturated rings. The first kappa shape index (κ1) is 14.0. The average Bonchev–Trinajstić information content (AvgIpc) is 3.34. The van der Waals surface area contributed by atoms with Gasteiger partial charge in [-0.15, -0.1) is 0 Å². The van der Waals surface area contributed by atoms with Crippen molar-refractivity contribution in [2.75, 3.05) is 0 Å². The molecule has 6 heteroatoms. The quantitative estimate of drug-likeness (QED) is 0.878. The van der Waals surface area contributed by atoms with Crippen LogP contribution in [0.3, 0.4) is 0 Å². The predicted molar refractivity (Wildman–Crippen MR) is 85.4 cm³/mol. The molecular formula is C17H19N5O. The Labute approximate surface area is 135 Å². The third-order valence-electron chi connectivity index (χ3n) is 4.30. The first-order chi connectivity index (χ1) is 11.2. The van der Waals surface area contributed by atoms with Gasteiger partial charge in [-0.2, -0.15) is 0 Å². The third-order valence-corrected chi connectivity index (χ3v) is 4.30. The first-order valence-corrected chi connectivity index (χ1v) is 7.92. The van der Waals surface area contributed by atoms with Crippen LogP contribution in [0.2, 0.25) is 0 Å². The Morgan fingerprint density at radius 3 is 2.96 bits per heavy atom. The van der Waals surface area contributed by atoms with Crippen molar-refractivity contribution >= 4 is 5.91 Å². The van der Waals surface area contributed by atoms with Crippen molar-refractivity contribution in [3.8, 4) is 0 Å². The van der Waals surface area contributed by atoms with E-state index in [2.05, 4.69) is 25.5 Å². The minimum Gasteiger partial charge on any atom is -0.358 e. The lowest BCUT2D eigenvalue weighted by molar-refractivity contribution is -0.118. The zero-order chi connectivity index (χ0) is 15.8. The predicted octanol–water partition coefficient (Wildman–Crippen LogP) is 1.34. The highest BCUT2D eigenvalue weighted by atomic mass is 16.2. The van der Waals surface area contributed by atoms with E-state index in [1.807, 2.05) is 31.4 Å². The molecule has 0 spiro atoms. The third kappa shape index (κ3) is 2.72. The molecular weight excluding hydrogens is 290 g/mol. The van der Waals surface area contributed by atoms with Crippen LogP contribution in [0, 0.1) is 12.8 Å². The molecule has 2 aliphatic heterocycles. The van der Waals surface area contributed by atoms with Gasteiger partial charge in [0.1, 0.15) is 11.9 Å². The Kier molecular flexibility index (Phi) is 3.37. The van der Waals surface area contributed by atoms with E-state index in [9.17, 15) is 4.79 Å². The zero-order valence-electron chi connectivity index (χ0n) is 13.0. The average molecular weight is 309 g/mol. The maximum absolute atomic E-state index is 12.6. The van der Waals surface area contributed by atoms with Crippen molar-refractivity contribution in [2.24, 2.45) is 5.92 Å². The van der Waals surface area contributed by atoms with Crippen molar-refractivity contribution < 1.29 is 4.79 Å². The Morgan fingerprint density at radius 1 is 1.35 bits per heavy atom. The summed E-state index contributed by atoms with van der Waals surface area (Å²) in [7, 11) is 0. The number of fused-ring (bicyclic) bond motifs is 1. The Hall–Kier alpha value is -2.63. The molecule has 6 nitrogen and oxygen atoms in total. The van der Waals surface area contributed by atoms with Gasteiger partial charge in [-0.25, -0.2) is 0 Å². The highest BCUT2D eigenvalue weighted by Crippen LogP contribution is 2.39. The van der Waals surface area contributed by atoms with E-state index < -0.39 is 0 Å². The number of carbonyl (C=O) groups excluding carboxylic acids is 1. The van der Waals surface area contributed by atoms with Gasteiger partial charge in [-0.05, 0) is 37.8 Å². The molecule has 1 amide bonds. The second-order valence-electron chi connectivity index (χ2n) is 6.13. The largest absolute Gasteiger partial charge is 0.358 e. The highest BCUT2D eigenvalue weighted by Gasteiger charge is 2.42. The summed E-state index contributed by atoms with van der Waals surface area (Å²) in [5.74, 6) is 0.518. The fourth-order valence-corrected chi connectivity index (χ4v) is 2.91. The lowest BCUT2D eigenvalue weighted by atomic mass is 10.2. The molecule has 0 aromatic carbocycles. The fraction of sp³-hybridized carbons (Fsp3) is 0.353. The summed E-state index contributed by atoms with van der Waals surface area (Å²) in [5, 5.41) is 6.32. The molecule has 118 valence electrons. The van der Waals surface area contributed by atoms with Gasteiger partial charge in [-0.1, -0.05) is 6.08 Å². The second kappa shape index (κ2) is 5.53. The van der Waals surface area contributed by atoms with Crippen LogP contribution in [0.1, 0.15) is 24.2 Å². The SMILES string of the molecule is Cc1cnc(CNC(=O)C2=C3C=CC=CN3C(C3CC3)N2)cn1. The van der Waals surface area contributed by atoms with Gasteiger partial charge in [0.05, 0.1) is 29.8 Å². The van der Waals surface area contributed by atoms with E-state index in [0.29, 0.717) is 18.2 Å². The van der Waals surface area contributed by atoms with Gasteiger partial charge >= 0.3 is 0 Å². The van der Waals surface area contributed by atoms with Crippen LogP contribution < -0.4 is 10.6 Å². The maximum atomic E-state index is 12.6. The molecule has 4 rings (SSSR count). The lowest BCUT2D eigenvalue weighted by Gasteiger charge is -2.25. The number of hydrogen-bond donors (Lipinski definition) is 2. The molecule has 1 aromatic rings. The van der Waals surface area contributed by atoms with Crippen LogP contribution in [0.25, 0.3) is 0 Å². The van der Waals surface area contributed by atoms with Crippen LogP contribution in [0.15, 0.2) is 48.2 Å². The highest BCUT2D eigenvalue weighted by molar-refractivity contribution is 5.94. The Bertz CT molecular complexity index is 715. The van der Waals surface area contributed by atoms with Crippen LogP contribution in [0.5, 0.6) is 0 Å². The van der Waals surface area contributed by atoms with Gasteiger partial charge in [0.2, 0.25) is 0 Å². The number of carbonyl (C=O) groups is 1. The van der Waals surface area contributed by atoms with Crippen LogP contribution >= 0.6 is 0 Å². The standard InChI is InChI=1S/C17H19N5O/c1-11-8-19-13(9-18-11)10-20-17(23)15-14-4-2-3-7-22(14)16(21-15)12-5-6-12/h2-4,7-9,12,16,21H,5-6,10H2,1H3,(H,20,23). The van der Waals surface area contributed by atoms with Gasteiger partial charge in [0, 0.05) is 12.4 Å². The molecule has 0 saturated heterocycles. The summed E-state index contributed by atoms with van der Waals surface area (Å²) in [5.41, 5.74) is 3.20. The van der Waals surface area contributed by atoms with Gasteiger partial charge in [0.25, 0.3) is 5.91 Å². The summed E-state index contributed by atoms with van der Waals surface area (Å²) in [4.78, 5) is 23.2. The molecule has 0 bridgehead atoms. The van der Waals surface area contributed by atoms with Gasteiger partial charge in [0.15, 0.2) is 0 Å². The number of allylic oxidation sites excluding steroid dienone is 3. The number of aryl methyl sites for hydroxylation is 1. The molecule has 2 N–H and O–H groups in total. The summed E-state index contributed by atoms with van der Waals surface area (Å²) in [6.45, 7) is 2.26. The molecule has 1 saturated carbocycles. The zero-order valence-corrected chi connectivity index (χ0v) is 13.0. The van der Waals surface area contributed by atoms with E-state index >= 15 is 0 Å². The van der Waals surface area contributed by atoms with E-state index in [1.165, 1.54) is 12.8 Å². The van der Waals surface area contributed by atoms with Gasteiger partial charge < -0.3 is 15.5 Å². The van der Waals surface area contributed by atoms with E-state index in [4.69, 9.17) is 0 Å². The second-order valence-corrected chi connectivity index (χ2v) is 6.13. The first-order valence-electron chi connectivity index (χ1n) is 7.92. The van der Waals surface area contributed by atoms with Gasteiger partial charge in [-0.3, -0.25) is 14.8 Å².